The second kappa shape index (κ2) is 12.0. The van der Waals surface area contributed by atoms with E-state index in [1.807, 2.05) is 0 Å². The van der Waals surface area contributed by atoms with Crippen molar-refractivity contribution in [3.63, 3.8) is 0 Å². The molecule has 0 radical (unpaired) electrons. The van der Waals surface area contributed by atoms with Crippen LogP contribution in [0.5, 0.6) is 5.75 Å². The lowest BCUT2D eigenvalue weighted by atomic mass is 9.66. The average molecular weight is 588 g/mol. The highest BCUT2D eigenvalue weighted by Gasteiger charge is 2.50. The molecule has 12 heteroatoms. The summed E-state index contributed by atoms with van der Waals surface area (Å²) in [6, 6.07) is 3.06. The van der Waals surface area contributed by atoms with E-state index in [4.69, 9.17) is 21.1 Å². The first-order chi connectivity index (χ1) is 19.7. The minimum absolute atomic E-state index is 0.0471. The maximum absolute atomic E-state index is 14.3. The van der Waals surface area contributed by atoms with Crippen LogP contribution in [-0.2, 0) is 45.8 Å². The number of aromatic nitrogens is 3. The number of amides is 2. The zero-order chi connectivity index (χ0) is 29.3. The zero-order valence-corrected chi connectivity index (χ0v) is 24.7. The summed E-state index contributed by atoms with van der Waals surface area (Å²) in [5.41, 5.74) is 1.93. The number of benzene rings is 1. The number of aryl methyl sites for hydroxylation is 1. The van der Waals surface area contributed by atoms with Gasteiger partial charge in [-0.05, 0) is 50.3 Å². The van der Waals surface area contributed by atoms with Crippen LogP contribution in [0.4, 0.5) is 0 Å². The second-order valence-corrected chi connectivity index (χ2v) is 11.9. The Hall–Kier alpha value is -3.18. The van der Waals surface area contributed by atoms with Crippen LogP contribution in [0.1, 0.15) is 74.0 Å². The molecular formula is C29H38ClN5O6. The number of ether oxygens (including phenoxy) is 2. The van der Waals surface area contributed by atoms with E-state index in [-0.39, 0.29) is 18.4 Å². The quantitative estimate of drug-likeness (QED) is 0.472. The molecule has 2 aromatic rings. The second-order valence-electron chi connectivity index (χ2n) is 11.5. The molecule has 222 valence electrons. The number of carbonyl (C=O) groups is 3. The number of carboxylic acid groups (broad SMARTS) is 1. The Balaban J connectivity index is 1.52. The van der Waals surface area contributed by atoms with E-state index >= 15 is 0 Å². The topological polar surface area (TPSA) is 127 Å². The number of aliphatic carboxylic acids is 1. The maximum atomic E-state index is 14.3. The van der Waals surface area contributed by atoms with Gasteiger partial charge in [0.25, 0.3) is 0 Å². The first-order valence-corrected chi connectivity index (χ1v) is 14.7. The molecule has 1 aromatic heterocycles. The van der Waals surface area contributed by atoms with E-state index in [0.29, 0.717) is 68.4 Å². The van der Waals surface area contributed by atoms with Crippen LogP contribution in [-0.4, -0.2) is 74.4 Å². The first kappa shape index (κ1) is 29.3. The molecule has 2 amide bonds. The minimum atomic E-state index is -1.14. The molecule has 3 heterocycles. The summed E-state index contributed by atoms with van der Waals surface area (Å²) >= 11 is 6.72. The van der Waals surface area contributed by atoms with Crippen molar-refractivity contribution in [1.29, 1.82) is 0 Å². The maximum Gasteiger partial charge on any atom is 0.310 e. The van der Waals surface area contributed by atoms with Gasteiger partial charge in [0.2, 0.25) is 11.8 Å². The molecule has 1 unspecified atom stereocenters. The third-order valence-corrected chi connectivity index (χ3v) is 9.44. The summed E-state index contributed by atoms with van der Waals surface area (Å²) in [6.07, 6.45) is 4.30. The van der Waals surface area contributed by atoms with Gasteiger partial charge in [-0.1, -0.05) is 29.7 Å². The van der Waals surface area contributed by atoms with Crippen LogP contribution in [0.2, 0.25) is 5.02 Å². The van der Waals surface area contributed by atoms with Crippen molar-refractivity contribution in [2.24, 2.45) is 18.4 Å². The van der Waals surface area contributed by atoms with Gasteiger partial charge in [0.05, 0.1) is 29.7 Å². The van der Waals surface area contributed by atoms with Gasteiger partial charge in [-0.25, -0.2) is 4.68 Å². The number of nitrogens with zero attached hydrogens (tertiary/aromatic N) is 5. The molecule has 3 atom stereocenters. The van der Waals surface area contributed by atoms with Gasteiger partial charge in [0.1, 0.15) is 18.1 Å². The summed E-state index contributed by atoms with van der Waals surface area (Å²) in [7, 11) is 3.39. The lowest BCUT2D eigenvalue weighted by Gasteiger charge is -2.45. The Labute approximate surface area is 244 Å². The lowest BCUT2D eigenvalue weighted by molar-refractivity contribution is -0.162. The molecule has 3 aliphatic rings. The normalized spacial score (nSPS) is 24.4. The molecule has 1 aliphatic carbocycles. The van der Waals surface area contributed by atoms with Gasteiger partial charge >= 0.3 is 5.97 Å². The first-order valence-electron chi connectivity index (χ1n) is 14.3. The van der Waals surface area contributed by atoms with E-state index in [0.717, 1.165) is 36.1 Å². The fraction of sp³-hybridized carbons (Fsp3) is 0.621. The van der Waals surface area contributed by atoms with Crippen molar-refractivity contribution in [2.75, 3.05) is 26.7 Å². The van der Waals surface area contributed by atoms with Crippen LogP contribution in [0.25, 0.3) is 0 Å². The van der Waals surface area contributed by atoms with E-state index < -0.39 is 23.3 Å². The molecule has 1 saturated heterocycles. The van der Waals surface area contributed by atoms with E-state index in [1.54, 1.807) is 47.7 Å². The molecule has 1 saturated carbocycles. The molecule has 41 heavy (non-hydrogen) atoms. The Morgan fingerprint density at radius 1 is 1.17 bits per heavy atom. The zero-order valence-electron chi connectivity index (χ0n) is 23.9. The number of halogens is 1. The molecule has 0 spiro atoms. The molecule has 11 nitrogen and oxygen atoms in total. The molecule has 1 aromatic carbocycles. The largest absolute Gasteiger partial charge is 0.487 e. The highest BCUT2D eigenvalue weighted by Crippen LogP contribution is 2.46. The van der Waals surface area contributed by atoms with Crippen LogP contribution in [0.3, 0.4) is 0 Å². The van der Waals surface area contributed by atoms with Crippen molar-refractivity contribution in [1.82, 2.24) is 24.8 Å². The third kappa shape index (κ3) is 5.53. The van der Waals surface area contributed by atoms with Crippen LogP contribution >= 0.6 is 11.6 Å². The number of hydrogen-bond acceptors (Lipinski definition) is 7. The smallest absolute Gasteiger partial charge is 0.310 e. The van der Waals surface area contributed by atoms with Crippen molar-refractivity contribution >= 4 is 29.4 Å². The Kier molecular flexibility index (Phi) is 8.56. The van der Waals surface area contributed by atoms with Gasteiger partial charge in [0.15, 0.2) is 0 Å². The van der Waals surface area contributed by atoms with E-state index in [1.165, 1.54) is 0 Å². The van der Waals surface area contributed by atoms with Gasteiger partial charge in [-0.2, -0.15) is 0 Å². The Morgan fingerprint density at radius 2 is 1.98 bits per heavy atom. The number of carboxylic acids is 1. The predicted octanol–water partition coefficient (Wildman–Crippen LogP) is 3.52. The lowest BCUT2D eigenvalue weighted by Crippen LogP contribution is -2.52. The molecule has 1 N–H and O–H groups in total. The van der Waals surface area contributed by atoms with Crippen molar-refractivity contribution in [2.45, 2.75) is 71.1 Å². The van der Waals surface area contributed by atoms with Gasteiger partial charge < -0.3 is 24.4 Å². The van der Waals surface area contributed by atoms with Crippen molar-refractivity contribution in [3.05, 3.63) is 39.7 Å². The number of carbonyl (C=O) groups excluding carboxylic acids is 2. The Bertz CT molecular complexity index is 1330. The highest BCUT2D eigenvalue weighted by atomic mass is 35.5. The molecule has 2 aliphatic heterocycles. The summed E-state index contributed by atoms with van der Waals surface area (Å²) in [5.74, 6) is -1.17. The number of rotatable bonds is 9. The average Bonchev–Trinajstić information content (AvgIpc) is 3.52. The molecule has 5 rings (SSSR count). The van der Waals surface area contributed by atoms with Gasteiger partial charge in [-0.15, -0.1) is 5.10 Å². The summed E-state index contributed by atoms with van der Waals surface area (Å²) in [6.45, 7) is 3.44. The fourth-order valence-electron chi connectivity index (χ4n) is 6.64. The molecular weight excluding hydrogens is 550 g/mol. The van der Waals surface area contributed by atoms with E-state index in [2.05, 4.69) is 10.3 Å². The van der Waals surface area contributed by atoms with Crippen LogP contribution in [0.15, 0.2) is 12.1 Å². The summed E-state index contributed by atoms with van der Waals surface area (Å²) in [4.78, 5) is 43.0. The van der Waals surface area contributed by atoms with Crippen molar-refractivity contribution < 1.29 is 29.0 Å². The molecule has 0 bridgehead atoms. The number of likely N-dealkylation sites (tertiary alicyclic amines) is 1. The number of fused-ring (bicyclic) bond motifs is 1. The van der Waals surface area contributed by atoms with Gasteiger partial charge in [0, 0.05) is 50.8 Å². The van der Waals surface area contributed by atoms with Crippen LogP contribution < -0.4 is 4.74 Å². The van der Waals surface area contributed by atoms with Crippen molar-refractivity contribution in [3.8, 4) is 5.75 Å². The summed E-state index contributed by atoms with van der Waals surface area (Å²) < 4.78 is 13.3. The van der Waals surface area contributed by atoms with Gasteiger partial charge in [-0.3, -0.25) is 14.4 Å². The standard InChI is InChI=1S/C29H38ClN5O6/c1-29(28(38)39)12-5-4-7-19(29)27(37)35-14-11-18-20(30)9-10-24(26(18)22(35)15-34-13-6-8-25(34)36)41-16-21-23(17-40-3)33(2)32-31-21/h9-10,19,22H,4-8,11-17H2,1-3H3,(H,38,39)/t19?,22-,29-/m1/s1. The SMILES string of the molecule is COCc1c(COc2ccc(Cl)c3c2[C@@H](CN2CCCC2=O)N(C(=O)C2CCCC[C@@]2(C)C(=O)O)CC3)nnn1C. The third-order valence-electron chi connectivity index (χ3n) is 9.08. The minimum Gasteiger partial charge on any atom is -0.487 e. The number of methoxy groups -OCH3 is 1. The number of hydrogen-bond donors (Lipinski definition) is 1. The summed E-state index contributed by atoms with van der Waals surface area (Å²) in [5, 5.41) is 19.0. The van der Waals surface area contributed by atoms with E-state index in [9.17, 15) is 19.5 Å². The fourth-order valence-corrected chi connectivity index (χ4v) is 6.90. The predicted molar refractivity (Wildman–Crippen MR) is 149 cm³/mol. The molecule has 2 fully saturated rings. The van der Waals surface area contributed by atoms with Crippen LogP contribution in [0, 0.1) is 11.3 Å². The Morgan fingerprint density at radius 3 is 2.68 bits per heavy atom. The highest BCUT2D eigenvalue weighted by molar-refractivity contribution is 6.31. The monoisotopic (exact) mass is 587 g/mol.